The van der Waals surface area contributed by atoms with Gasteiger partial charge in [0.25, 0.3) is 0 Å². The Bertz CT molecular complexity index is 213. The maximum atomic E-state index is 12.5. The third-order valence-corrected chi connectivity index (χ3v) is 1.74. The van der Waals surface area contributed by atoms with Crippen molar-refractivity contribution in [2.75, 3.05) is 13.2 Å². The summed E-state index contributed by atoms with van der Waals surface area (Å²) in [6.07, 6.45) is -9.97. The minimum Gasteiger partial charge on any atom is -0.329 e. The van der Waals surface area contributed by atoms with E-state index in [1.54, 1.807) is 0 Å². The summed E-state index contributed by atoms with van der Waals surface area (Å²) in [5, 5.41) is 0. The van der Waals surface area contributed by atoms with Gasteiger partial charge in [-0.05, 0) is 6.42 Å². The van der Waals surface area contributed by atoms with Crippen LogP contribution >= 0.6 is 0 Å². The lowest BCUT2D eigenvalue weighted by Gasteiger charge is -2.25. The fourth-order valence-corrected chi connectivity index (χ4v) is 0.680. The van der Waals surface area contributed by atoms with E-state index in [1.165, 1.54) is 0 Å². The van der Waals surface area contributed by atoms with E-state index in [1.807, 2.05) is 0 Å². The highest BCUT2D eigenvalue weighted by Crippen LogP contribution is 2.39. The summed E-state index contributed by atoms with van der Waals surface area (Å²) >= 11 is 0. The van der Waals surface area contributed by atoms with Crippen LogP contribution in [0.15, 0.2) is 0 Å². The molecule has 0 radical (unpaired) electrons. The Balaban J connectivity index is 4.24. The molecule has 4 N–H and O–H groups in total. The van der Waals surface area contributed by atoms with Crippen molar-refractivity contribution in [2.45, 2.75) is 30.9 Å². The van der Waals surface area contributed by atoms with Gasteiger partial charge < -0.3 is 16.2 Å². The highest BCUT2D eigenvalue weighted by molar-refractivity contribution is 4.79. The lowest BCUT2D eigenvalue weighted by molar-refractivity contribution is -0.374. The lowest BCUT2D eigenvalue weighted by atomic mass is 10.2. The van der Waals surface area contributed by atoms with Crippen molar-refractivity contribution in [3.63, 3.8) is 0 Å². The van der Waals surface area contributed by atoms with Gasteiger partial charge in [-0.25, -0.2) is 8.78 Å². The summed E-state index contributed by atoms with van der Waals surface area (Å²) in [6.45, 7) is -0.937. The first-order valence-electron chi connectivity index (χ1n) is 4.28. The third-order valence-electron chi connectivity index (χ3n) is 1.74. The predicted octanol–water partition coefficient (Wildman–Crippen LogP) is 1.17. The standard InChI is InChI=1S/C7H12F6N2O/c8-5(9)6(10,11)7(12,13)16-2-1-4(15)3-14/h4-5H,1-3,14-15H2. The van der Waals surface area contributed by atoms with Crippen LogP contribution in [-0.2, 0) is 4.74 Å². The fourth-order valence-electron chi connectivity index (χ4n) is 0.680. The van der Waals surface area contributed by atoms with Gasteiger partial charge in [-0.2, -0.15) is 17.6 Å². The number of rotatable bonds is 7. The molecule has 0 saturated carbocycles. The summed E-state index contributed by atoms with van der Waals surface area (Å²) in [6, 6.07) is -0.712. The van der Waals surface area contributed by atoms with Crippen molar-refractivity contribution in [3.8, 4) is 0 Å². The molecule has 0 bridgehead atoms. The van der Waals surface area contributed by atoms with E-state index in [-0.39, 0.29) is 13.0 Å². The van der Waals surface area contributed by atoms with Gasteiger partial charge in [0.15, 0.2) is 0 Å². The van der Waals surface area contributed by atoms with E-state index in [9.17, 15) is 26.3 Å². The van der Waals surface area contributed by atoms with Crippen LogP contribution in [0.4, 0.5) is 26.3 Å². The quantitative estimate of drug-likeness (QED) is 0.670. The maximum absolute atomic E-state index is 12.5. The number of hydrogen-bond donors (Lipinski definition) is 2. The molecule has 0 rings (SSSR count). The Labute approximate surface area is 87.7 Å². The molecule has 98 valence electrons. The third kappa shape index (κ3) is 3.80. The fraction of sp³-hybridized carbons (Fsp3) is 1.00. The van der Waals surface area contributed by atoms with Crippen LogP contribution < -0.4 is 11.5 Å². The van der Waals surface area contributed by atoms with Crippen molar-refractivity contribution in [3.05, 3.63) is 0 Å². The lowest BCUT2D eigenvalue weighted by Crippen LogP contribution is -2.48. The molecule has 0 aliphatic carbocycles. The van der Waals surface area contributed by atoms with E-state index < -0.39 is 31.1 Å². The predicted molar refractivity (Wildman–Crippen MR) is 43.5 cm³/mol. The highest BCUT2D eigenvalue weighted by atomic mass is 19.3. The molecule has 0 saturated heterocycles. The second-order valence-corrected chi connectivity index (χ2v) is 3.07. The number of ether oxygens (including phenoxy) is 1. The molecule has 0 aromatic carbocycles. The summed E-state index contributed by atoms with van der Waals surface area (Å²) in [5.41, 5.74) is 10.2. The molecule has 0 spiro atoms. The summed E-state index contributed by atoms with van der Waals surface area (Å²) in [7, 11) is 0. The molecule has 1 unspecified atom stereocenters. The zero-order valence-electron chi connectivity index (χ0n) is 8.11. The maximum Gasteiger partial charge on any atom is 0.425 e. The molecular formula is C7H12F6N2O. The van der Waals surface area contributed by atoms with E-state index in [2.05, 4.69) is 4.74 Å². The van der Waals surface area contributed by atoms with Gasteiger partial charge in [0.1, 0.15) is 0 Å². The zero-order valence-corrected chi connectivity index (χ0v) is 8.11. The molecule has 0 aromatic heterocycles. The molecule has 0 amide bonds. The number of hydrogen-bond acceptors (Lipinski definition) is 3. The normalized spacial score (nSPS) is 15.6. The number of nitrogens with two attached hydrogens (primary N) is 2. The first kappa shape index (κ1) is 15.5. The molecule has 9 heteroatoms. The van der Waals surface area contributed by atoms with E-state index in [4.69, 9.17) is 11.5 Å². The minimum absolute atomic E-state index is 0.0554. The number of halogens is 6. The Kier molecular flexibility index (Phi) is 5.50. The van der Waals surface area contributed by atoms with Crippen LogP contribution in [0.2, 0.25) is 0 Å². The first-order chi connectivity index (χ1) is 7.15. The van der Waals surface area contributed by atoms with Crippen LogP contribution in [0.25, 0.3) is 0 Å². The van der Waals surface area contributed by atoms with Crippen molar-refractivity contribution >= 4 is 0 Å². The molecule has 1 atom stereocenters. The molecule has 0 aliphatic heterocycles. The van der Waals surface area contributed by atoms with Gasteiger partial charge in [-0.1, -0.05) is 0 Å². The second-order valence-electron chi connectivity index (χ2n) is 3.07. The SMILES string of the molecule is NCC(N)CCOC(F)(F)C(F)(F)C(F)F. The molecule has 3 nitrogen and oxygen atoms in total. The largest absolute Gasteiger partial charge is 0.425 e. The summed E-state index contributed by atoms with van der Waals surface area (Å²) < 4.78 is 76.1. The highest BCUT2D eigenvalue weighted by Gasteiger charge is 2.64. The smallest absolute Gasteiger partial charge is 0.329 e. The Morgan fingerprint density at radius 3 is 2.00 bits per heavy atom. The Morgan fingerprint density at radius 1 is 1.12 bits per heavy atom. The van der Waals surface area contributed by atoms with Crippen molar-refractivity contribution < 1.29 is 31.1 Å². The Hall–Kier alpha value is -0.540. The van der Waals surface area contributed by atoms with E-state index >= 15 is 0 Å². The van der Waals surface area contributed by atoms with Gasteiger partial charge >= 0.3 is 18.5 Å². The summed E-state index contributed by atoms with van der Waals surface area (Å²) in [5.74, 6) is -5.53. The molecule has 0 aromatic rings. The van der Waals surface area contributed by atoms with Crippen LogP contribution in [0.1, 0.15) is 6.42 Å². The minimum atomic E-state index is -5.53. The van der Waals surface area contributed by atoms with Crippen LogP contribution in [0.3, 0.4) is 0 Å². The molecule has 16 heavy (non-hydrogen) atoms. The average molecular weight is 254 g/mol. The molecule has 0 heterocycles. The van der Waals surface area contributed by atoms with E-state index in [0.717, 1.165) is 0 Å². The molecule has 0 aliphatic rings. The van der Waals surface area contributed by atoms with Crippen molar-refractivity contribution in [2.24, 2.45) is 11.5 Å². The van der Waals surface area contributed by atoms with E-state index in [0.29, 0.717) is 0 Å². The molecule has 0 fully saturated rings. The average Bonchev–Trinajstić information content (AvgIpc) is 2.16. The second kappa shape index (κ2) is 5.69. The first-order valence-corrected chi connectivity index (χ1v) is 4.28. The zero-order chi connectivity index (χ0) is 13.0. The number of alkyl halides is 6. The van der Waals surface area contributed by atoms with Gasteiger partial charge in [-0.15, -0.1) is 0 Å². The topological polar surface area (TPSA) is 61.3 Å². The van der Waals surface area contributed by atoms with Gasteiger partial charge in [0.2, 0.25) is 0 Å². The van der Waals surface area contributed by atoms with Gasteiger partial charge in [0.05, 0.1) is 6.61 Å². The van der Waals surface area contributed by atoms with Gasteiger partial charge in [0, 0.05) is 12.6 Å². The van der Waals surface area contributed by atoms with Crippen LogP contribution in [-0.4, -0.2) is 37.7 Å². The van der Waals surface area contributed by atoms with Crippen LogP contribution in [0.5, 0.6) is 0 Å². The summed E-state index contributed by atoms with van der Waals surface area (Å²) in [4.78, 5) is 0. The van der Waals surface area contributed by atoms with Crippen molar-refractivity contribution in [1.82, 2.24) is 0 Å². The van der Waals surface area contributed by atoms with Gasteiger partial charge in [-0.3, -0.25) is 0 Å². The Morgan fingerprint density at radius 2 is 1.62 bits per heavy atom. The molecular weight excluding hydrogens is 242 g/mol. The van der Waals surface area contributed by atoms with Crippen LogP contribution in [0, 0.1) is 0 Å². The monoisotopic (exact) mass is 254 g/mol. The van der Waals surface area contributed by atoms with Crippen molar-refractivity contribution in [1.29, 1.82) is 0 Å².